The Kier molecular flexibility index (Phi) is 6.60. The molecule has 0 amide bonds. The molecule has 8 nitrogen and oxygen atoms in total. The summed E-state index contributed by atoms with van der Waals surface area (Å²) in [4.78, 5) is 18.5. The van der Waals surface area contributed by atoms with Gasteiger partial charge < -0.3 is 9.26 Å². The van der Waals surface area contributed by atoms with Gasteiger partial charge in [0.1, 0.15) is 11.1 Å². The van der Waals surface area contributed by atoms with Crippen LogP contribution in [0.2, 0.25) is 0 Å². The van der Waals surface area contributed by atoms with E-state index in [1.54, 1.807) is 18.4 Å². The van der Waals surface area contributed by atoms with Crippen LogP contribution < -0.4 is 0 Å². The van der Waals surface area contributed by atoms with Crippen LogP contribution in [0.5, 0.6) is 0 Å². The van der Waals surface area contributed by atoms with Crippen molar-refractivity contribution in [2.24, 2.45) is 0 Å². The first kappa shape index (κ1) is 20.1. The molecule has 3 aromatic heterocycles. The molecule has 0 aromatic carbocycles. The third kappa shape index (κ3) is 5.24. The van der Waals surface area contributed by atoms with E-state index in [9.17, 15) is 0 Å². The van der Waals surface area contributed by atoms with E-state index in [1.165, 1.54) is 0 Å². The fourth-order valence-electron chi connectivity index (χ4n) is 3.35. The van der Waals surface area contributed by atoms with Crippen molar-refractivity contribution >= 4 is 11.3 Å². The number of nitrogens with zero attached hydrogens (tertiary/aromatic N) is 6. The van der Waals surface area contributed by atoms with Gasteiger partial charge in [0.25, 0.3) is 0 Å². The van der Waals surface area contributed by atoms with Gasteiger partial charge in [-0.25, -0.2) is 4.98 Å². The van der Waals surface area contributed by atoms with Gasteiger partial charge in [-0.05, 0) is 38.6 Å². The van der Waals surface area contributed by atoms with Crippen molar-refractivity contribution in [2.75, 3.05) is 33.3 Å². The molecule has 29 heavy (non-hydrogen) atoms. The molecule has 0 aliphatic carbocycles. The summed E-state index contributed by atoms with van der Waals surface area (Å²) in [5.41, 5.74) is 2.05. The summed E-state index contributed by atoms with van der Waals surface area (Å²) in [6, 6.07) is 5.92. The zero-order valence-corrected chi connectivity index (χ0v) is 17.6. The number of methoxy groups -OCH3 is 1. The van der Waals surface area contributed by atoms with Gasteiger partial charge in [-0.1, -0.05) is 11.2 Å². The number of hydrogen-bond donors (Lipinski definition) is 0. The number of hydrogen-bond acceptors (Lipinski definition) is 9. The molecule has 1 atom stereocenters. The molecule has 1 saturated heterocycles. The molecule has 1 aliphatic heterocycles. The zero-order valence-electron chi connectivity index (χ0n) is 16.8. The van der Waals surface area contributed by atoms with Crippen LogP contribution in [-0.2, 0) is 17.8 Å². The predicted molar refractivity (Wildman–Crippen MR) is 110 cm³/mol. The number of thiazole rings is 1. The van der Waals surface area contributed by atoms with Gasteiger partial charge in [-0.3, -0.25) is 14.8 Å². The van der Waals surface area contributed by atoms with Crippen LogP contribution in [0.3, 0.4) is 0 Å². The number of ether oxygens (including phenoxy) is 1. The van der Waals surface area contributed by atoms with Crippen LogP contribution in [0.4, 0.5) is 0 Å². The molecule has 0 bridgehead atoms. The van der Waals surface area contributed by atoms with Crippen LogP contribution in [0.1, 0.15) is 36.9 Å². The average Bonchev–Trinajstić information content (AvgIpc) is 3.36. The Bertz CT molecular complexity index is 899. The van der Waals surface area contributed by atoms with Crippen molar-refractivity contribution < 1.29 is 9.26 Å². The minimum Gasteiger partial charge on any atom is -0.374 e. The van der Waals surface area contributed by atoms with Crippen molar-refractivity contribution in [1.82, 2.24) is 29.9 Å². The van der Waals surface area contributed by atoms with Crippen molar-refractivity contribution in [2.45, 2.75) is 32.5 Å². The molecule has 4 rings (SSSR count). The summed E-state index contributed by atoms with van der Waals surface area (Å²) >= 11 is 1.66. The third-order valence-electron chi connectivity index (χ3n) is 5.06. The third-order valence-corrected chi connectivity index (χ3v) is 5.98. The molecule has 1 aliphatic rings. The molecular formula is C20H26N6O2S. The van der Waals surface area contributed by atoms with Gasteiger partial charge in [-0.15, -0.1) is 11.3 Å². The van der Waals surface area contributed by atoms with Crippen molar-refractivity contribution in [3.63, 3.8) is 0 Å². The molecule has 1 fully saturated rings. The standard InChI is InChI=1S/C20H26N6O2S/c1-15(27-2)19-23-18(28-24-19)13-26-9-5-8-25(10-11-26)12-16-14-29-20(22-16)17-6-3-4-7-21-17/h3-4,6-7,14-15H,5,8-13H2,1-2H3/t15-/m0/s1. The van der Waals surface area contributed by atoms with Crippen LogP contribution in [0.25, 0.3) is 10.7 Å². The van der Waals surface area contributed by atoms with Crippen LogP contribution >= 0.6 is 11.3 Å². The minimum atomic E-state index is -0.152. The molecule has 3 aromatic rings. The first-order chi connectivity index (χ1) is 14.2. The highest BCUT2D eigenvalue weighted by Crippen LogP contribution is 2.22. The minimum absolute atomic E-state index is 0.152. The Morgan fingerprint density at radius 3 is 2.72 bits per heavy atom. The van der Waals surface area contributed by atoms with Crippen LogP contribution in [0, 0.1) is 0 Å². The second kappa shape index (κ2) is 9.53. The van der Waals surface area contributed by atoms with Gasteiger partial charge in [0, 0.05) is 38.3 Å². The monoisotopic (exact) mass is 414 g/mol. The maximum absolute atomic E-state index is 5.39. The van der Waals surface area contributed by atoms with Gasteiger partial charge in [0.2, 0.25) is 5.89 Å². The highest BCUT2D eigenvalue weighted by atomic mass is 32.1. The molecule has 0 unspecified atom stereocenters. The van der Waals surface area contributed by atoms with E-state index in [0.717, 1.165) is 55.5 Å². The fraction of sp³-hybridized carbons (Fsp3) is 0.500. The first-order valence-corrected chi connectivity index (χ1v) is 10.7. The van der Waals surface area contributed by atoms with E-state index in [1.807, 2.05) is 31.3 Å². The lowest BCUT2D eigenvalue weighted by molar-refractivity contribution is 0.109. The normalized spacial score (nSPS) is 17.3. The fourth-order valence-corrected chi connectivity index (χ4v) is 4.14. The molecule has 154 valence electrons. The van der Waals surface area contributed by atoms with E-state index in [0.29, 0.717) is 18.3 Å². The summed E-state index contributed by atoms with van der Waals surface area (Å²) in [5, 5.41) is 7.14. The van der Waals surface area contributed by atoms with Gasteiger partial charge >= 0.3 is 0 Å². The van der Waals surface area contributed by atoms with Gasteiger partial charge in [-0.2, -0.15) is 4.98 Å². The smallest absolute Gasteiger partial charge is 0.240 e. The lowest BCUT2D eigenvalue weighted by Crippen LogP contribution is -2.30. The molecule has 4 heterocycles. The second-order valence-corrected chi connectivity index (χ2v) is 8.05. The van der Waals surface area contributed by atoms with Crippen molar-refractivity contribution in [3.8, 4) is 10.7 Å². The molecule has 0 N–H and O–H groups in total. The van der Waals surface area contributed by atoms with E-state index >= 15 is 0 Å². The SMILES string of the molecule is CO[C@@H](C)c1noc(CN2CCCN(Cc3csc(-c4ccccn4)n3)CC2)n1. The van der Waals surface area contributed by atoms with Crippen LogP contribution in [0.15, 0.2) is 34.3 Å². The summed E-state index contributed by atoms with van der Waals surface area (Å²) in [5.74, 6) is 1.25. The molecule has 0 spiro atoms. The zero-order chi connectivity index (χ0) is 20.1. The van der Waals surface area contributed by atoms with E-state index in [2.05, 4.69) is 30.3 Å². The van der Waals surface area contributed by atoms with Crippen molar-refractivity contribution in [1.29, 1.82) is 0 Å². The lowest BCUT2D eigenvalue weighted by atomic mass is 10.3. The lowest BCUT2D eigenvalue weighted by Gasteiger charge is -2.20. The Hall–Kier alpha value is -2.20. The predicted octanol–water partition coefficient (Wildman–Crippen LogP) is 3.00. The van der Waals surface area contributed by atoms with Gasteiger partial charge in [0.15, 0.2) is 5.82 Å². The number of pyridine rings is 1. The first-order valence-electron chi connectivity index (χ1n) is 9.87. The highest BCUT2D eigenvalue weighted by Gasteiger charge is 2.19. The number of aromatic nitrogens is 4. The summed E-state index contributed by atoms with van der Waals surface area (Å²) in [6.07, 6.45) is 2.76. The van der Waals surface area contributed by atoms with E-state index < -0.39 is 0 Å². The van der Waals surface area contributed by atoms with Crippen LogP contribution in [-0.4, -0.2) is 63.2 Å². The number of rotatable bonds is 7. The van der Waals surface area contributed by atoms with Crippen molar-refractivity contribution in [3.05, 3.63) is 47.2 Å². The maximum Gasteiger partial charge on any atom is 0.240 e. The van der Waals surface area contributed by atoms with E-state index in [-0.39, 0.29) is 6.10 Å². The van der Waals surface area contributed by atoms with E-state index in [4.69, 9.17) is 14.2 Å². The maximum atomic E-state index is 5.39. The molecule has 0 radical (unpaired) electrons. The Morgan fingerprint density at radius 2 is 1.97 bits per heavy atom. The Morgan fingerprint density at radius 1 is 1.14 bits per heavy atom. The largest absolute Gasteiger partial charge is 0.374 e. The molecular weight excluding hydrogens is 388 g/mol. The summed E-state index contributed by atoms with van der Waals surface area (Å²) in [6.45, 7) is 7.49. The topological polar surface area (TPSA) is 80.4 Å². The Balaban J connectivity index is 1.30. The summed E-state index contributed by atoms with van der Waals surface area (Å²) in [7, 11) is 1.64. The van der Waals surface area contributed by atoms with Gasteiger partial charge in [0.05, 0.1) is 17.9 Å². The molecule has 9 heteroatoms. The quantitative estimate of drug-likeness (QED) is 0.584. The highest BCUT2D eigenvalue weighted by molar-refractivity contribution is 7.13. The molecule has 0 saturated carbocycles. The Labute approximate surface area is 174 Å². The second-order valence-electron chi connectivity index (χ2n) is 7.19. The average molecular weight is 415 g/mol. The summed E-state index contributed by atoms with van der Waals surface area (Å²) < 4.78 is 10.6.